The van der Waals surface area contributed by atoms with Crippen molar-refractivity contribution in [2.45, 2.75) is 6.18 Å². The standard InChI is InChI=1S/C13H9ClF3NO/c1-19-10-4-2-3-8(5-10)11-6-9(13(15,16)17)7-18-12(11)14/h2-7H,1H3. The molecule has 1 aromatic heterocycles. The summed E-state index contributed by atoms with van der Waals surface area (Å²) in [5.41, 5.74) is -0.104. The van der Waals surface area contributed by atoms with E-state index in [1.807, 2.05) is 0 Å². The molecule has 0 saturated heterocycles. The molecule has 0 aliphatic rings. The van der Waals surface area contributed by atoms with Gasteiger partial charge in [-0.25, -0.2) is 4.98 Å². The van der Waals surface area contributed by atoms with Gasteiger partial charge in [-0.1, -0.05) is 23.7 Å². The van der Waals surface area contributed by atoms with E-state index in [9.17, 15) is 13.2 Å². The first-order valence-electron chi connectivity index (χ1n) is 5.29. The first kappa shape index (κ1) is 13.7. The van der Waals surface area contributed by atoms with Gasteiger partial charge in [0, 0.05) is 11.8 Å². The van der Waals surface area contributed by atoms with Gasteiger partial charge in [-0.2, -0.15) is 13.2 Å². The van der Waals surface area contributed by atoms with E-state index in [1.54, 1.807) is 24.3 Å². The van der Waals surface area contributed by atoms with Crippen molar-refractivity contribution in [1.82, 2.24) is 4.98 Å². The van der Waals surface area contributed by atoms with Crippen molar-refractivity contribution < 1.29 is 17.9 Å². The molecule has 0 amide bonds. The highest BCUT2D eigenvalue weighted by molar-refractivity contribution is 6.32. The van der Waals surface area contributed by atoms with Crippen LogP contribution in [-0.4, -0.2) is 12.1 Å². The molecular formula is C13H9ClF3NO. The van der Waals surface area contributed by atoms with Crippen LogP contribution in [0.25, 0.3) is 11.1 Å². The molecule has 0 fully saturated rings. The smallest absolute Gasteiger partial charge is 0.417 e. The first-order valence-corrected chi connectivity index (χ1v) is 5.67. The van der Waals surface area contributed by atoms with Gasteiger partial charge in [-0.15, -0.1) is 0 Å². The highest BCUT2D eigenvalue weighted by Gasteiger charge is 2.31. The van der Waals surface area contributed by atoms with Crippen LogP contribution >= 0.6 is 11.6 Å². The Labute approximate surface area is 112 Å². The summed E-state index contributed by atoms with van der Waals surface area (Å²) in [5.74, 6) is 0.533. The molecule has 0 radical (unpaired) electrons. The number of halogens is 4. The predicted molar refractivity (Wildman–Crippen MR) is 66.2 cm³/mol. The van der Waals surface area contributed by atoms with Crippen molar-refractivity contribution >= 4 is 11.6 Å². The van der Waals surface area contributed by atoms with E-state index in [1.165, 1.54) is 7.11 Å². The third-order valence-electron chi connectivity index (χ3n) is 2.55. The summed E-state index contributed by atoms with van der Waals surface area (Å²) in [4.78, 5) is 3.58. The van der Waals surface area contributed by atoms with Crippen molar-refractivity contribution in [3.63, 3.8) is 0 Å². The zero-order valence-electron chi connectivity index (χ0n) is 9.83. The summed E-state index contributed by atoms with van der Waals surface area (Å²) in [6, 6.07) is 7.59. The van der Waals surface area contributed by atoms with Crippen molar-refractivity contribution in [3.05, 3.63) is 47.2 Å². The molecule has 19 heavy (non-hydrogen) atoms. The molecule has 0 bridgehead atoms. The second-order valence-electron chi connectivity index (χ2n) is 3.79. The maximum absolute atomic E-state index is 12.7. The summed E-state index contributed by atoms with van der Waals surface area (Å²) in [7, 11) is 1.48. The van der Waals surface area contributed by atoms with E-state index >= 15 is 0 Å². The Bertz CT molecular complexity index is 599. The Morgan fingerprint density at radius 1 is 1.21 bits per heavy atom. The molecule has 0 unspecified atom stereocenters. The van der Waals surface area contributed by atoms with Crippen LogP contribution in [0.3, 0.4) is 0 Å². The topological polar surface area (TPSA) is 22.1 Å². The fourth-order valence-electron chi connectivity index (χ4n) is 1.60. The Balaban J connectivity index is 2.54. The number of benzene rings is 1. The van der Waals surface area contributed by atoms with E-state index in [-0.39, 0.29) is 10.7 Å². The van der Waals surface area contributed by atoms with E-state index in [4.69, 9.17) is 16.3 Å². The average Bonchev–Trinajstić information content (AvgIpc) is 2.38. The van der Waals surface area contributed by atoms with Crippen LogP contribution in [0.4, 0.5) is 13.2 Å². The largest absolute Gasteiger partial charge is 0.497 e. The van der Waals surface area contributed by atoms with Crippen LogP contribution in [0.15, 0.2) is 36.5 Å². The summed E-state index contributed by atoms with van der Waals surface area (Å²) < 4.78 is 43.0. The van der Waals surface area contributed by atoms with Gasteiger partial charge in [0.05, 0.1) is 12.7 Å². The van der Waals surface area contributed by atoms with Crippen LogP contribution in [-0.2, 0) is 6.18 Å². The van der Waals surface area contributed by atoms with Gasteiger partial charge in [0.15, 0.2) is 0 Å². The Hall–Kier alpha value is -1.75. The van der Waals surface area contributed by atoms with Crippen molar-refractivity contribution in [1.29, 1.82) is 0 Å². The number of aromatic nitrogens is 1. The fourth-order valence-corrected chi connectivity index (χ4v) is 1.81. The van der Waals surface area contributed by atoms with Gasteiger partial charge in [-0.05, 0) is 23.8 Å². The molecule has 1 aromatic carbocycles. The minimum absolute atomic E-state index is 0.0150. The molecule has 0 saturated carbocycles. The van der Waals surface area contributed by atoms with E-state index in [2.05, 4.69) is 4.98 Å². The van der Waals surface area contributed by atoms with Crippen molar-refractivity contribution in [3.8, 4) is 16.9 Å². The molecule has 0 atom stereocenters. The van der Waals surface area contributed by atoms with Crippen molar-refractivity contribution in [2.24, 2.45) is 0 Å². The molecule has 2 rings (SSSR count). The highest BCUT2D eigenvalue weighted by atomic mass is 35.5. The summed E-state index contributed by atoms with van der Waals surface area (Å²) in [5, 5.41) is 0.0150. The number of rotatable bonds is 2. The monoisotopic (exact) mass is 287 g/mol. The SMILES string of the molecule is COc1cccc(-c2cc(C(F)(F)F)cnc2Cl)c1. The van der Waals surface area contributed by atoms with E-state index in [0.29, 0.717) is 17.5 Å². The number of nitrogens with zero attached hydrogens (tertiary/aromatic N) is 1. The highest BCUT2D eigenvalue weighted by Crippen LogP contribution is 2.35. The van der Waals surface area contributed by atoms with Gasteiger partial charge in [0.1, 0.15) is 10.9 Å². The normalized spacial score (nSPS) is 11.4. The summed E-state index contributed by atoms with van der Waals surface area (Å²) in [6.45, 7) is 0. The third-order valence-corrected chi connectivity index (χ3v) is 2.85. The van der Waals surface area contributed by atoms with Crippen LogP contribution in [0.5, 0.6) is 5.75 Å². The number of alkyl halides is 3. The number of pyridine rings is 1. The van der Waals surface area contributed by atoms with Crippen LogP contribution in [0, 0.1) is 0 Å². The summed E-state index contributed by atoms with van der Waals surface area (Å²) in [6.07, 6.45) is -3.74. The van der Waals surface area contributed by atoms with Gasteiger partial charge in [0.2, 0.25) is 0 Å². The second-order valence-corrected chi connectivity index (χ2v) is 4.15. The predicted octanol–water partition coefficient (Wildman–Crippen LogP) is 4.43. The maximum Gasteiger partial charge on any atom is 0.417 e. The van der Waals surface area contributed by atoms with Gasteiger partial charge in [-0.3, -0.25) is 0 Å². The van der Waals surface area contributed by atoms with Gasteiger partial charge >= 0.3 is 6.18 Å². The summed E-state index contributed by atoms with van der Waals surface area (Å²) >= 11 is 5.86. The lowest BCUT2D eigenvalue weighted by molar-refractivity contribution is -0.137. The van der Waals surface area contributed by atoms with Crippen LogP contribution in [0.2, 0.25) is 5.15 Å². The number of hydrogen-bond donors (Lipinski definition) is 0. The van der Waals surface area contributed by atoms with E-state index in [0.717, 1.165) is 6.07 Å². The Morgan fingerprint density at radius 3 is 2.58 bits per heavy atom. The number of ether oxygens (including phenoxy) is 1. The lowest BCUT2D eigenvalue weighted by atomic mass is 10.1. The molecule has 0 N–H and O–H groups in total. The number of methoxy groups -OCH3 is 1. The quantitative estimate of drug-likeness (QED) is 0.762. The zero-order valence-corrected chi connectivity index (χ0v) is 10.6. The molecule has 2 aromatic rings. The molecule has 0 spiro atoms. The lowest BCUT2D eigenvalue weighted by Gasteiger charge is -2.10. The zero-order chi connectivity index (χ0) is 14.0. The minimum Gasteiger partial charge on any atom is -0.497 e. The molecule has 2 nitrogen and oxygen atoms in total. The maximum atomic E-state index is 12.7. The lowest BCUT2D eigenvalue weighted by Crippen LogP contribution is -2.05. The van der Waals surface area contributed by atoms with Crippen LogP contribution in [0.1, 0.15) is 5.56 Å². The molecular weight excluding hydrogens is 279 g/mol. The molecule has 0 aliphatic heterocycles. The fraction of sp³-hybridized carbons (Fsp3) is 0.154. The van der Waals surface area contributed by atoms with Gasteiger partial charge in [0.25, 0.3) is 0 Å². The van der Waals surface area contributed by atoms with Crippen LogP contribution < -0.4 is 4.74 Å². The average molecular weight is 288 g/mol. The first-order chi connectivity index (χ1) is 8.91. The molecule has 0 aliphatic carbocycles. The molecule has 1 heterocycles. The Kier molecular flexibility index (Phi) is 3.66. The third kappa shape index (κ3) is 2.98. The molecule has 100 valence electrons. The Morgan fingerprint density at radius 2 is 1.95 bits per heavy atom. The van der Waals surface area contributed by atoms with E-state index < -0.39 is 11.7 Å². The minimum atomic E-state index is -4.45. The van der Waals surface area contributed by atoms with Crippen molar-refractivity contribution in [2.75, 3.05) is 7.11 Å². The van der Waals surface area contributed by atoms with Gasteiger partial charge < -0.3 is 4.74 Å². The number of hydrogen-bond acceptors (Lipinski definition) is 2. The second kappa shape index (κ2) is 5.09. The molecule has 6 heteroatoms.